The number of halogens is 1. The zero-order valence-corrected chi connectivity index (χ0v) is 8.80. The van der Waals surface area contributed by atoms with E-state index in [4.69, 9.17) is 15.2 Å². The molecule has 0 saturated heterocycles. The minimum Gasteiger partial charge on any atom is -0.495 e. The van der Waals surface area contributed by atoms with Crippen LogP contribution in [0.4, 0.5) is 0 Å². The minimum atomic E-state index is -0.0165. The summed E-state index contributed by atoms with van der Waals surface area (Å²) in [6.45, 7) is 0.551. The van der Waals surface area contributed by atoms with Crippen LogP contribution in [0.25, 0.3) is 0 Å². The molecule has 0 aliphatic carbocycles. The maximum absolute atomic E-state index is 5.82. The molecule has 0 radical (unpaired) electrons. The number of hydrogen-bond acceptors (Lipinski definition) is 3. The minimum absolute atomic E-state index is 0.0165. The van der Waals surface area contributed by atoms with E-state index in [9.17, 15) is 0 Å². The van der Waals surface area contributed by atoms with Gasteiger partial charge in [0.2, 0.25) is 0 Å². The fraction of sp³-hybridized carbons (Fsp3) is 0.333. The van der Waals surface area contributed by atoms with Crippen molar-refractivity contribution in [1.82, 2.24) is 0 Å². The molecule has 1 unspecified atom stereocenters. The maximum atomic E-state index is 5.82. The lowest BCUT2D eigenvalue weighted by atomic mass is 10.1. The summed E-state index contributed by atoms with van der Waals surface area (Å²) in [4.78, 5) is 0. The van der Waals surface area contributed by atoms with Gasteiger partial charge in [-0.05, 0) is 22.0 Å². The number of nitrogens with two attached hydrogens (primary N) is 1. The Morgan fingerprint density at radius 2 is 2.38 bits per heavy atom. The molecule has 0 bridgehead atoms. The van der Waals surface area contributed by atoms with Crippen LogP contribution in [0.1, 0.15) is 11.6 Å². The van der Waals surface area contributed by atoms with Crippen LogP contribution < -0.4 is 15.2 Å². The molecule has 1 aliphatic rings. The molecule has 70 valence electrons. The third-order valence-corrected chi connectivity index (χ3v) is 2.72. The third kappa shape index (κ3) is 1.40. The second kappa shape index (κ2) is 3.20. The first-order valence-corrected chi connectivity index (χ1v) is 4.77. The Kier molecular flexibility index (Phi) is 2.17. The molecular formula is C9H10BrNO2. The first kappa shape index (κ1) is 8.84. The van der Waals surface area contributed by atoms with Crippen LogP contribution in [0.15, 0.2) is 16.6 Å². The van der Waals surface area contributed by atoms with Crippen LogP contribution in [-0.2, 0) is 0 Å². The van der Waals surface area contributed by atoms with Gasteiger partial charge >= 0.3 is 0 Å². The molecular weight excluding hydrogens is 234 g/mol. The summed E-state index contributed by atoms with van der Waals surface area (Å²) >= 11 is 3.40. The van der Waals surface area contributed by atoms with E-state index < -0.39 is 0 Å². The second-order valence-corrected chi connectivity index (χ2v) is 3.80. The summed E-state index contributed by atoms with van der Waals surface area (Å²) in [5.41, 5.74) is 6.85. The van der Waals surface area contributed by atoms with E-state index in [-0.39, 0.29) is 6.04 Å². The molecule has 1 heterocycles. The first-order chi connectivity index (χ1) is 6.22. The van der Waals surface area contributed by atoms with Crippen LogP contribution in [0.5, 0.6) is 11.5 Å². The fourth-order valence-corrected chi connectivity index (χ4v) is 1.91. The molecule has 0 amide bonds. The standard InChI is InChI=1S/C9H10BrNO2/c1-12-9-3-8-5(2-6(9)10)7(11)4-13-8/h2-3,7H,4,11H2,1H3. The third-order valence-electron chi connectivity index (χ3n) is 2.10. The topological polar surface area (TPSA) is 44.5 Å². The van der Waals surface area contributed by atoms with E-state index in [1.807, 2.05) is 12.1 Å². The SMILES string of the molecule is COc1cc2c(cc1Br)C(N)CO2. The zero-order valence-electron chi connectivity index (χ0n) is 7.21. The van der Waals surface area contributed by atoms with Crippen molar-refractivity contribution >= 4 is 15.9 Å². The summed E-state index contributed by atoms with van der Waals surface area (Å²) < 4.78 is 11.4. The average Bonchev–Trinajstić information content (AvgIpc) is 2.47. The predicted octanol–water partition coefficient (Wildman–Crippen LogP) is 1.85. The first-order valence-electron chi connectivity index (χ1n) is 3.98. The second-order valence-electron chi connectivity index (χ2n) is 2.94. The van der Waals surface area contributed by atoms with Gasteiger partial charge in [-0.25, -0.2) is 0 Å². The Morgan fingerprint density at radius 1 is 1.62 bits per heavy atom. The van der Waals surface area contributed by atoms with E-state index in [0.717, 1.165) is 21.5 Å². The largest absolute Gasteiger partial charge is 0.495 e. The number of ether oxygens (including phenoxy) is 2. The normalized spacial score (nSPS) is 19.5. The molecule has 0 aromatic heterocycles. The van der Waals surface area contributed by atoms with Gasteiger partial charge in [-0.15, -0.1) is 0 Å². The van der Waals surface area contributed by atoms with Crippen molar-refractivity contribution in [2.45, 2.75) is 6.04 Å². The van der Waals surface area contributed by atoms with Crippen molar-refractivity contribution in [3.63, 3.8) is 0 Å². The number of rotatable bonds is 1. The zero-order chi connectivity index (χ0) is 9.42. The monoisotopic (exact) mass is 243 g/mol. The van der Waals surface area contributed by atoms with E-state index in [1.165, 1.54) is 0 Å². The van der Waals surface area contributed by atoms with Gasteiger partial charge in [0.1, 0.15) is 18.1 Å². The lowest BCUT2D eigenvalue weighted by molar-refractivity contribution is 0.331. The number of hydrogen-bond donors (Lipinski definition) is 1. The van der Waals surface area contributed by atoms with Crippen molar-refractivity contribution < 1.29 is 9.47 Å². The highest BCUT2D eigenvalue weighted by Crippen LogP contribution is 2.38. The number of benzene rings is 1. The van der Waals surface area contributed by atoms with Gasteiger partial charge in [0.15, 0.2) is 0 Å². The van der Waals surface area contributed by atoms with Crippen LogP contribution >= 0.6 is 15.9 Å². The van der Waals surface area contributed by atoms with Crippen LogP contribution in [0.2, 0.25) is 0 Å². The van der Waals surface area contributed by atoms with Gasteiger partial charge in [0.25, 0.3) is 0 Å². The van der Waals surface area contributed by atoms with Crippen molar-refractivity contribution in [2.75, 3.05) is 13.7 Å². The molecule has 1 aromatic rings. The molecule has 4 heteroatoms. The summed E-state index contributed by atoms with van der Waals surface area (Å²) in [6, 6.07) is 3.79. The Labute approximate surface area is 85.0 Å². The van der Waals surface area contributed by atoms with Crippen LogP contribution in [0, 0.1) is 0 Å². The lowest BCUT2D eigenvalue weighted by Crippen LogP contribution is -2.10. The van der Waals surface area contributed by atoms with Crippen molar-refractivity contribution in [1.29, 1.82) is 0 Å². The molecule has 3 nitrogen and oxygen atoms in total. The van der Waals surface area contributed by atoms with Gasteiger partial charge < -0.3 is 15.2 Å². The molecule has 0 saturated carbocycles. The summed E-state index contributed by atoms with van der Waals surface area (Å²) in [6.07, 6.45) is 0. The fourth-order valence-electron chi connectivity index (χ4n) is 1.39. The highest BCUT2D eigenvalue weighted by Gasteiger charge is 2.22. The van der Waals surface area contributed by atoms with Gasteiger partial charge in [0, 0.05) is 11.6 Å². The Hall–Kier alpha value is -0.740. The molecule has 0 spiro atoms. The number of fused-ring (bicyclic) bond motifs is 1. The summed E-state index contributed by atoms with van der Waals surface area (Å²) in [5.74, 6) is 1.60. The Morgan fingerprint density at radius 3 is 3.08 bits per heavy atom. The average molecular weight is 244 g/mol. The van der Waals surface area contributed by atoms with Gasteiger partial charge in [-0.2, -0.15) is 0 Å². The van der Waals surface area contributed by atoms with E-state index in [0.29, 0.717) is 6.61 Å². The predicted molar refractivity (Wildman–Crippen MR) is 53.1 cm³/mol. The number of methoxy groups -OCH3 is 1. The molecule has 2 N–H and O–H groups in total. The van der Waals surface area contributed by atoms with Crippen molar-refractivity contribution in [3.05, 3.63) is 22.2 Å². The molecule has 0 fully saturated rings. The lowest BCUT2D eigenvalue weighted by Gasteiger charge is -2.06. The molecule has 1 aromatic carbocycles. The van der Waals surface area contributed by atoms with Crippen LogP contribution in [-0.4, -0.2) is 13.7 Å². The smallest absolute Gasteiger partial charge is 0.136 e. The van der Waals surface area contributed by atoms with E-state index in [2.05, 4.69) is 15.9 Å². The molecule has 2 rings (SSSR count). The quantitative estimate of drug-likeness (QED) is 0.819. The highest BCUT2D eigenvalue weighted by molar-refractivity contribution is 9.10. The molecule has 1 atom stereocenters. The van der Waals surface area contributed by atoms with Gasteiger partial charge in [0.05, 0.1) is 17.6 Å². The molecule has 13 heavy (non-hydrogen) atoms. The molecule has 1 aliphatic heterocycles. The highest BCUT2D eigenvalue weighted by atomic mass is 79.9. The van der Waals surface area contributed by atoms with Crippen molar-refractivity contribution in [2.24, 2.45) is 5.73 Å². The Balaban J connectivity index is 2.50. The summed E-state index contributed by atoms with van der Waals surface area (Å²) in [7, 11) is 1.63. The Bertz CT molecular complexity index is 341. The van der Waals surface area contributed by atoms with Crippen molar-refractivity contribution in [3.8, 4) is 11.5 Å². The van der Waals surface area contributed by atoms with Crippen LogP contribution in [0.3, 0.4) is 0 Å². The van der Waals surface area contributed by atoms with Gasteiger partial charge in [-0.3, -0.25) is 0 Å². The van der Waals surface area contributed by atoms with E-state index >= 15 is 0 Å². The maximum Gasteiger partial charge on any atom is 0.136 e. The summed E-state index contributed by atoms with van der Waals surface area (Å²) in [5, 5.41) is 0. The van der Waals surface area contributed by atoms with Gasteiger partial charge in [-0.1, -0.05) is 0 Å². The van der Waals surface area contributed by atoms with E-state index in [1.54, 1.807) is 7.11 Å².